The zero-order valence-corrected chi connectivity index (χ0v) is 11.3. The fourth-order valence-corrected chi connectivity index (χ4v) is 2.20. The van der Waals surface area contributed by atoms with Gasteiger partial charge in [0.1, 0.15) is 0 Å². The molecule has 0 radical (unpaired) electrons. The van der Waals surface area contributed by atoms with Crippen LogP contribution in [0.25, 0.3) is 0 Å². The van der Waals surface area contributed by atoms with Gasteiger partial charge < -0.3 is 26.2 Å². The van der Waals surface area contributed by atoms with Gasteiger partial charge in [-0.05, 0) is 11.6 Å². The number of carbonyl (C=O) groups is 1. The molecule has 0 bridgehead atoms. The standard InChI is InChI=1S/C14H21N3O3/c18-9-11(19)7-10-3-1-2-4-12(10)17-14(20)13-8-15-5-6-16-13/h1-4,11,13,15-16,18-19H,5-9H2,(H,17,20). The molecule has 1 aromatic rings. The maximum Gasteiger partial charge on any atom is 0.242 e. The van der Waals surface area contributed by atoms with Gasteiger partial charge in [-0.2, -0.15) is 0 Å². The van der Waals surface area contributed by atoms with E-state index in [1.165, 1.54) is 0 Å². The average molecular weight is 279 g/mol. The molecule has 1 aromatic carbocycles. The van der Waals surface area contributed by atoms with Gasteiger partial charge in [0, 0.05) is 31.7 Å². The van der Waals surface area contributed by atoms with Crippen molar-refractivity contribution in [1.29, 1.82) is 0 Å². The summed E-state index contributed by atoms with van der Waals surface area (Å²) in [6, 6.07) is 7.06. The van der Waals surface area contributed by atoms with Crippen molar-refractivity contribution in [2.75, 3.05) is 31.6 Å². The monoisotopic (exact) mass is 279 g/mol. The molecule has 6 heteroatoms. The number of carbonyl (C=O) groups excluding carboxylic acids is 1. The van der Waals surface area contributed by atoms with Crippen LogP contribution in [0.1, 0.15) is 5.56 Å². The lowest BCUT2D eigenvalue weighted by Crippen LogP contribution is -2.54. The molecule has 0 spiro atoms. The summed E-state index contributed by atoms with van der Waals surface area (Å²) < 4.78 is 0. The van der Waals surface area contributed by atoms with Gasteiger partial charge in [0.15, 0.2) is 0 Å². The lowest BCUT2D eigenvalue weighted by Gasteiger charge is -2.24. The first-order valence-corrected chi connectivity index (χ1v) is 6.82. The van der Waals surface area contributed by atoms with E-state index in [9.17, 15) is 9.90 Å². The van der Waals surface area contributed by atoms with Crippen molar-refractivity contribution in [2.45, 2.75) is 18.6 Å². The van der Waals surface area contributed by atoms with Gasteiger partial charge in [0.05, 0.1) is 18.8 Å². The second kappa shape index (κ2) is 7.35. The predicted molar refractivity (Wildman–Crippen MR) is 76.5 cm³/mol. The lowest BCUT2D eigenvalue weighted by molar-refractivity contribution is -0.118. The first-order chi connectivity index (χ1) is 9.70. The first kappa shape index (κ1) is 14.9. The van der Waals surface area contributed by atoms with Crippen LogP contribution >= 0.6 is 0 Å². The lowest BCUT2D eigenvalue weighted by atomic mass is 10.1. The van der Waals surface area contributed by atoms with Crippen LogP contribution in [-0.2, 0) is 11.2 Å². The number of nitrogens with one attached hydrogen (secondary N) is 3. The third-order valence-corrected chi connectivity index (χ3v) is 3.30. The fourth-order valence-electron chi connectivity index (χ4n) is 2.20. The molecule has 1 heterocycles. The van der Waals surface area contributed by atoms with Crippen molar-refractivity contribution in [2.24, 2.45) is 0 Å². The summed E-state index contributed by atoms with van der Waals surface area (Å²) >= 11 is 0. The maximum atomic E-state index is 12.1. The van der Waals surface area contributed by atoms with Crippen LogP contribution in [0.15, 0.2) is 24.3 Å². The van der Waals surface area contributed by atoms with E-state index in [1.54, 1.807) is 6.07 Å². The van der Waals surface area contributed by atoms with Gasteiger partial charge in [-0.15, -0.1) is 0 Å². The number of benzene rings is 1. The van der Waals surface area contributed by atoms with Crippen molar-refractivity contribution >= 4 is 11.6 Å². The third-order valence-electron chi connectivity index (χ3n) is 3.30. The van der Waals surface area contributed by atoms with E-state index in [0.29, 0.717) is 18.7 Å². The van der Waals surface area contributed by atoms with Gasteiger partial charge in [-0.25, -0.2) is 0 Å². The number of anilines is 1. The Hall–Kier alpha value is -1.47. The van der Waals surface area contributed by atoms with Crippen LogP contribution in [0.5, 0.6) is 0 Å². The summed E-state index contributed by atoms with van der Waals surface area (Å²) in [7, 11) is 0. The SMILES string of the molecule is O=C(Nc1ccccc1CC(O)CO)C1CNCCN1. The highest BCUT2D eigenvalue weighted by atomic mass is 16.3. The fraction of sp³-hybridized carbons (Fsp3) is 0.500. The van der Waals surface area contributed by atoms with Crippen LogP contribution in [0.3, 0.4) is 0 Å². The molecule has 0 aliphatic carbocycles. The van der Waals surface area contributed by atoms with Crippen molar-refractivity contribution in [1.82, 2.24) is 10.6 Å². The normalized spacial score (nSPS) is 20.4. The summed E-state index contributed by atoms with van der Waals surface area (Å²) in [6.45, 7) is 1.94. The van der Waals surface area contributed by atoms with E-state index >= 15 is 0 Å². The number of rotatable bonds is 5. The summed E-state index contributed by atoms with van der Waals surface area (Å²) in [5.41, 5.74) is 1.49. The van der Waals surface area contributed by atoms with Gasteiger partial charge in [0.2, 0.25) is 5.91 Å². The number of para-hydroxylation sites is 1. The largest absolute Gasteiger partial charge is 0.394 e. The molecule has 2 unspecified atom stereocenters. The van der Waals surface area contributed by atoms with E-state index in [2.05, 4.69) is 16.0 Å². The molecule has 0 saturated carbocycles. The van der Waals surface area contributed by atoms with Crippen molar-refractivity contribution in [3.63, 3.8) is 0 Å². The first-order valence-electron chi connectivity index (χ1n) is 6.82. The Labute approximate surface area is 118 Å². The number of piperazine rings is 1. The number of hydrogen-bond donors (Lipinski definition) is 5. The number of hydrogen-bond acceptors (Lipinski definition) is 5. The Bertz CT molecular complexity index is 447. The Morgan fingerprint density at radius 1 is 1.40 bits per heavy atom. The second-order valence-corrected chi connectivity index (χ2v) is 4.90. The molecule has 1 amide bonds. The van der Waals surface area contributed by atoms with Crippen LogP contribution < -0.4 is 16.0 Å². The highest BCUT2D eigenvalue weighted by molar-refractivity contribution is 5.95. The maximum absolute atomic E-state index is 12.1. The van der Waals surface area contributed by atoms with Crippen LogP contribution in [0, 0.1) is 0 Å². The van der Waals surface area contributed by atoms with E-state index in [0.717, 1.165) is 18.7 Å². The summed E-state index contributed by atoms with van der Waals surface area (Å²) in [5.74, 6) is -0.0943. The minimum Gasteiger partial charge on any atom is -0.394 e. The molecular formula is C14H21N3O3. The molecule has 5 N–H and O–H groups in total. The Balaban J connectivity index is 2.02. The molecule has 2 atom stereocenters. The van der Waals surface area contributed by atoms with Crippen LogP contribution in [0.2, 0.25) is 0 Å². The minimum absolute atomic E-state index is 0.0943. The summed E-state index contributed by atoms with van der Waals surface area (Å²) in [4.78, 5) is 12.1. The minimum atomic E-state index is -0.817. The second-order valence-electron chi connectivity index (χ2n) is 4.90. The Kier molecular flexibility index (Phi) is 5.49. The molecule has 110 valence electrons. The highest BCUT2D eigenvalue weighted by Crippen LogP contribution is 2.17. The number of amides is 1. The topological polar surface area (TPSA) is 93.6 Å². The molecule has 1 fully saturated rings. The zero-order chi connectivity index (χ0) is 14.4. The predicted octanol–water partition coefficient (Wildman–Crippen LogP) is -0.918. The Morgan fingerprint density at radius 3 is 2.90 bits per heavy atom. The molecule has 1 aliphatic rings. The van der Waals surface area contributed by atoms with Crippen LogP contribution in [0.4, 0.5) is 5.69 Å². The van der Waals surface area contributed by atoms with E-state index in [1.807, 2.05) is 18.2 Å². The van der Waals surface area contributed by atoms with Gasteiger partial charge >= 0.3 is 0 Å². The average Bonchev–Trinajstić information content (AvgIpc) is 2.50. The molecule has 6 nitrogen and oxygen atoms in total. The molecule has 1 saturated heterocycles. The smallest absolute Gasteiger partial charge is 0.242 e. The Morgan fingerprint density at radius 2 is 2.20 bits per heavy atom. The molecule has 0 aromatic heterocycles. The van der Waals surface area contributed by atoms with E-state index in [-0.39, 0.29) is 18.6 Å². The van der Waals surface area contributed by atoms with Crippen molar-refractivity contribution < 1.29 is 15.0 Å². The van der Waals surface area contributed by atoms with Gasteiger partial charge in [0.25, 0.3) is 0 Å². The van der Waals surface area contributed by atoms with E-state index in [4.69, 9.17) is 5.11 Å². The summed E-state index contributed by atoms with van der Waals surface area (Å²) in [5, 5.41) is 27.6. The van der Waals surface area contributed by atoms with Crippen molar-refractivity contribution in [3.8, 4) is 0 Å². The van der Waals surface area contributed by atoms with E-state index < -0.39 is 6.10 Å². The molecule has 1 aliphatic heterocycles. The van der Waals surface area contributed by atoms with Gasteiger partial charge in [-0.3, -0.25) is 4.79 Å². The highest BCUT2D eigenvalue weighted by Gasteiger charge is 2.21. The third kappa shape index (κ3) is 4.01. The molecular weight excluding hydrogens is 258 g/mol. The number of aliphatic hydroxyl groups is 2. The summed E-state index contributed by atoms with van der Waals surface area (Å²) in [6.07, 6.45) is -0.508. The van der Waals surface area contributed by atoms with Gasteiger partial charge in [-0.1, -0.05) is 18.2 Å². The molecule has 20 heavy (non-hydrogen) atoms. The quantitative estimate of drug-likeness (QED) is 0.481. The molecule has 2 rings (SSSR count). The zero-order valence-electron chi connectivity index (χ0n) is 11.3. The van der Waals surface area contributed by atoms with Crippen molar-refractivity contribution in [3.05, 3.63) is 29.8 Å². The number of aliphatic hydroxyl groups excluding tert-OH is 2. The van der Waals surface area contributed by atoms with Crippen LogP contribution in [-0.4, -0.2) is 54.5 Å².